The molecule has 3 aliphatic heterocycles. The number of benzene rings is 2. The quantitative estimate of drug-likeness (QED) is 0.174. The van der Waals surface area contributed by atoms with E-state index in [1.807, 2.05) is 36.4 Å². The molecule has 12 nitrogen and oxygen atoms in total. The van der Waals surface area contributed by atoms with Crippen molar-refractivity contribution in [3.8, 4) is 11.5 Å². The number of sulfonamides is 1. The minimum absolute atomic E-state index is 0.0419. The highest BCUT2D eigenvalue weighted by atomic mass is 35.5. The van der Waals surface area contributed by atoms with Crippen LogP contribution >= 0.6 is 11.6 Å². The lowest BCUT2D eigenvalue weighted by Gasteiger charge is -2.30. The number of carbonyl (C=O) groups excluding carboxylic acids is 4. The summed E-state index contributed by atoms with van der Waals surface area (Å²) in [7, 11) is -3.76. The van der Waals surface area contributed by atoms with E-state index in [0.717, 1.165) is 50.6 Å². The van der Waals surface area contributed by atoms with Gasteiger partial charge in [0.2, 0.25) is 21.7 Å². The largest absolute Gasteiger partial charge is 0.486 e. The van der Waals surface area contributed by atoms with E-state index < -0.39 is 51.6 Å². The number of amides is 1. The molecule has 3 fully saturated rings. The van der Waals surface area contributed by atoms with Crippen molar-refractivity contribution in [2.45, 2.75) is 108 Å². The van der Waals surface area contributed by atoms with E-state index in [2.05, 4.69) is 10.0 Å². The summed E-state index contributed by atoms with van der Waals surface area (Å²) in [6, 6.07) is 12.6. The molecule has 14 heteroatoms. The Balaban J connectivity index is 1.12. The third-order valence-electron chi connectivity index (χ3n) is 11.2. The molecule has 2 aromatic carbocycles. The van der Waals surface area contributed by atoms with Gasteiger partial charge in [0.05, 0.1) is 25.0 Å². The molecule has 6 rings (SSSR count). The second kappa shape index (κ2) is 19.2. The lowest BCUT2D eigenvalue weighted by molar-refractivity contribution is -0.142. The summed E-state index contributed by atoms with van der Waals surface area (Å²) in [6.07, 6.45) is 6.51. The fourth-order valence-corrected chi connectivity index (χ4v) is 8.85. The maximum Gasteiger partial charge on any atom is 0.241 e. The minimum atomic E-state index is -3.76. The van der Waals surface area contributed by atoms with Crippen LogP contribution in [0.2, 0.25) is 5.02 Å². The summed E-state index contributed by atoms with van der Waals surface area (Å²) >= 11 is 6.06. The predicted molar refractivity (Wildman–Crippen MR) is 207 cm³/mol. The fourth-order valence-electron chi connectivity index (χ4n) is 7.99. The van der Waals surface area contributed by atoms with Crippen LogP contribution in [0.5, 0.6) is 11.5 Å². The molecule has 2 N–H and O–H groups in total. The van der Waals surface area contributed by atoms with E-state index in [4.69, 9.17) is 25.8 Å². The van der Waals surface area contributed by atoms with E-state index >= 15 is 0 Å². The number of Topliss-reactive ketones (excluding diaryl/α,β-unsaturated/α-hetero) is 3. The lowest BCUT2D eigenvalue weighted by atomic mass is 9.86. The third-order valence-corrected chi connectivity index (χ3v) is 12.2. The first-order valence-corrected chi connectivity index (χ1v) is 22.0. The van der Waals surface area contributed by atoms with Gasteiger partial charge in [-0.15, -0.1) is 0 Å². The van der Waals surface area contributed by atoms with Crippen molar-refractivity contribution in [2.24, 2.45) is 17.8 Å². The molecule has 0 aromatic heterocycles. The lowest BCUT2D eigenvalue weighted by Crippen LogP contribution is -2.52. The number of para-hydroxylation sites is 2. The van der Waals surface area contributed by atoms with Gasteiger partial charge in [0.1, 0.15) is 18.8 Å². The Labute approximate surface area is 329 Å². The van der Waals surface area contributed by atoms with Crippen molar-refractivity contribution >= 4 is 44.9 Å². The number of ketones is 3. The van der Waals surface area contributed by atoms with E-state index in [-0.39, 0.29) is 50.2 Å². The number of carbonyl (C=O) groups is 4. The molecule has 3 heterocycles. The zero-order valence-corrected chi connectivity index (χ0v) is 33.2. The van der Waals surface area contributed by atoms with Crippen LogP contribution in [0.25, 0.3) is 0 Å². The molecule has 2 aromatic rings. The van der Waals surface area contributed by atoms with Gasteiger partial charge in [-0.3, -0.25) is 19.2 Å². The van der Waals surface area contributed by atoms with Crippen molar-refractivity contribution in [2.75, 3.05) is 32.5 Å². The van der Waals surface area contributed by atoms with E-state index in [9.17, 15) is 27.6 Å². The monoisotopic (exact) mass is 799 g/mol. The Bertz CT molecular complexity index is 1760. The number of ether oxygens (including phenoxy) is 3. The number of rotatable bonds is 20. The number of likely N-dealkylation sites (tertiary alicyclic amines) is 1. The molecule has 5 atom stereocenters. The summed E-state index contributed by atoms with van der Waals surface area (Å²) < 4.78 is 45.6. The highest BCUT2D eigenvalue weighted by molar-refractivity contribution is 7.88. The van der Waals surface area contributed by atoms with Gasteiger partial charge in [-0.1, -0.05) is 48.7 Å². The minimum Gasteiger partial charge on any atom is -0.486 e. The number of fused-ring (bicyclic) bond motifs is 1. The van der Waals surface area contributed by atoms with Crippen molar-refractivity contribution < 1.29 is 41.8 Å². The molecular weight excluding hydrogens is 746 g/mol. The zero-order valence-electron chi connectivity index (χ0n) is 31.6. The van der Waals surface area contributed by atoms with Crippen LogP contribution in [0.4, 0.5) is 0 Å². The standard InChI is InChI=1S/C41H54ClN3O9S/c1-55(50,51)44-34(16-13-27-17-19-43-20-18-27)41(49)45-24-33(52-25-29-11-14-31(42)15-12-29)23-35(45)37(47)22-30(21-28-9-10-28)40(48)36(46)6-4-5-32-26-53-38-7-2-3-8-39(38)54-32/h2-3,7-8,11-12,14-15,27-28,30,32-35,43-44H,4-6,9-10,13,16-26H2,1H3/t30-,32?,33-,34-,35+/m1/s1. The van der Waals surface area contributed by atoms with E-state index in [0.29, 0.717) is 61.2 Å². The number of nitrogens with one attached hydrogen (secondary N) is 2. The van der Waals surface area contributed by atoms with Gasteiger partial charge >= 0.3 is 0 Å². The molecule has 55 heavy (non-hydrogen) atoms. The first kappa shape index (κ1) is 41.3. The van der Waals surface area contributed by atoms with Crippen LogP contribution in [-0.2, 0) is 40.5 Å². The zero-order chi connectivity index (χ0) is 39.0. The van der Waals surface area contributed by atoms with Gasteiger partial charge < -0.3 is 24.4 Å². The van der Waals surface area contributed by atoms with Crippen molar-refractivity contribution in [1.29, 1.82) is 0 Å². The van der Waals surface area contributed by atoms with Crippen LogP contribution in [0, 0.1) is 17.8 Å². The van der Waals surface area contributed by atoms with Gasteiger partial charge in [0.25, 0.3) is 0 Å². The van der Waals surface area contributed by atoms with Crippen LogP contribution in [0.1, 0.15) is 82.6 Å². The van der Waals surface area contributed by atoms with Crippen LogP contribution in [0.3, 0.4) is 0 Å². The van der Waals surface area contributed by atoms with E-state index in [1.54, 1.807) is 12.1 Å². The SMILES string of the molecule is CS(=O)(=O)N[C@H](CCC1CCNCC1)C(=O)N1C[C@H](OCc2ccc(Cl)cc2)C[C@H]1C(=O)C[C@@H](CC1CC1)C(=O)C(=O)CCCC1COc2ccccc2O1. The average Bonchev–Trinajstić information content (AvgIpc) is 3.89. The Morgan fingerprint density at radius 2 is 1.71 bits per heavy atom. The van der Waals surface area contributed by atoms with Crippen molar-refractivity contribution in [1.82, 2.24) is 14.9 Å². The summed E-state index contributed by atoms with van der Waals surface area (Å²) in [5.41, 5.74) is 0.872. The number of halogens is 1. The highest BCUT2D eigenvalue weighted by Crippen LogP contribution is 2.38. The summed E-state index contributed by atoms with van der Waals surface area (Å²) in [5, 5.41) is 3.92. The Morgan fingerprint density at radius 1 is 0.982 bits per heavy atom. The smallest absolute Gasteiger partial charge is 0.241 e. The summed E-state index contributed by atoms with van der Waals surface area (Å²) in [5.74, 6) is -0.668. The number of piperidine rings is 1. The van der Waals surface area contributed by atoms with Crippen LogP contribution in [-0.4, -0.2) is 93.4 Å². The topological polar surface area (TPSA) is 157 Å². The third kappa shape index (κ3) is 12.3. The van der Waals surface area contributed by atoms with Gasteiger partial charge in [0.15, 0.2) is 23.1 Å². The molecule has 1 amide bonds. The Morgan fingerprint density at radius 3 is 2.42 bits per heavy atom. The summed E-state index contributed by atoms with van der Waals surface area (Å²) in [4.78, 5) is 57.1. The normalized spacial score (nSPS) is 22.6. The number of hydrogen-bond donors (Lipinski definition) is 2. The van der Waals surface area contributed by atoms with Crippen LogP contribution < -0.4 is 19.5 Å². The molecule has 0 radical (unpaired) electrons. The second-order valence-electron chi connectivity index (χ2n) is 15.7. The maximum atomic E-state index is 14.3. The molecule has 1 aliphatic carbocycles. The Hall–Kier alpha value is -3.36. The second-order valence-corrected chi connectivity index (χ2v) is 18.0. The summed E-state index contributed by atoms with van der Waals surface area (Å²) in [6.45, 7) is 2.43. The molecule has 300 valence electrons. The first-order valence-electron chi connectivity index (χ1n) is 19.7. The average molecular weight is 800 g/mol. The van der Waals surface area contributed by atoms with Crippen molar-refractivity contribution in [3.63, 3.8) is 0 Å². The molecule has 0 spiro atoms. The van der Waals surface area contributed by atoms with Gasteiger partial charge in [-0.2, -0.15) is 0 Å². The molecular formula is C41H54ClN3O9S. The number of hydrogen-bond acceptors (Lipinski definition) is 10. The molecule has 1 unspecified atom stereocenters. The molecule has 4 aliphatic rings. The van der Waals surface area contributed by atoms with E-state index in [1.165, 1.54) is 4.90 Å². The van der Waals surface area contributed by atoms with Crippen LogP contribution in [0.15, 0.2) is 48.5 Å². The van der Waals surface area contributed by atoms with Crippen molar-refractivity contribution in [3.05, 3.63) is 59.1 Å². The molecule has 2 saturated heterocycles. The fraction of sp³-hybridized carbons (Fsp3) is 0.610. The number of nitrogens with zero attached hydrogens (tertiary/aromatic N) is 1. The van der Waals surface area contributed by atoms with Gasteiger partial charge in [-0.25, -0.2) is 13.1 Å². The predicted octanol–water partition coefficient (Wildman–Crippen LogP) is 5.05. The Kier molecular flexibility index (Phi) is 14.4. The van der Waals surface area contributed by atoms with Gasteiger partial charge in [-0.05, 0) is 99.7 Å². The maximum absolute atomic E-state index is 14.3. The van der Waals surface area contributed by atoms with Gasteiger partial charge in [0, 0.05) is 36.7 Å². The molecule has 1 saturated carbocycles. The molecule has 0 bridgehead atoms. The highest BCUT2D eigenvalue weighted by Gasteiger charge is 2.44. The first-order chi connectivity index (χ1) is 26.4.